The number of carboxylic acid groups (broad SMARTS) is 1. The summed E-state index contributed by atoms with van der Waals surface area (Å²) in [6, 6.07) is 15.7. The molecule has 0 aliphatic carbocycles. The molecule has 1 N–H and O–H groups in total. The largest absolute Gasteiger partial charge is 0.480 e. The fourth-order valence-electron chi connectivity index (χ4n) is 2.24. The summed E-state index contributed by atoms with van der Waals surface area (Å²) in [5, 5.41) is 20.2. The number of halogens is 2. The summed E-state index contributed by atoms with van der Waals surface area (Å²) in [6.07, 6.45) is 0.220. The van der Waals surface area contributed by atoms with Crippen LogP contribution in [0.2, 0.25) is 10.0 Å². The van der Waals surface area contributed by atoms with Crippen molar-refractivity contribution in [3.63, 3.8) is 0 Å². The number of nitrogens with zero attached hydrogens (tertiary/aromatic N) is 1. The van der Waals surface area contributed by atoms with Gasteiger partial charge in [-0.3, -0.25) is 4.79 Å². The van der Waals surface area contributed by atoms with Crippen LogP contribution in [0.3, 0.4) is 0 Å². The highest BCUT2D eigenvalue weighted by Crippen LogP contribution is 2.29. The van der Waals surface area contributed by atoms with Gasteiger partial charge in [-0.25, -0.2) is 0 Å². The minimum Gasteiger partial charge on any atom is -0.480 e. The first kappa shape index (κ1) is 16.4. The van der Waals surface area contributed by atoms with E-state index in [4.69, 9.17) is 23.2 Å². The number of rotatable bonds is 5. The fourth-order valence-corrected chi connectivity index (χ4v) is 2.49. The highest BCUT2D eigenvalue weighted by molar-refractivity contribution is 6.30. The molecule has 0 aromatic heterocycles. The van der Waals surface area contributed by atoms with E-state index in [0.29, 0.717) is 10.0 Å². The molecule has 0 spiro atoms. The van der Waals surface area contributed by atoms with Crippen LogP contribution in [-0.2, 0) is 17.6 Å². The zero-order chi connectivity index (χ0) is 16.2. The van der Waals surface area contributed by atoms with Crippen molar-refractivity contribution in [1.82, 2.24) is 0 Å². The zero-order valence-electron chi connectivity index (χ0n) is 11.6. The predicted molar refractivity (Wildman–Crippen MR) is 86.0 cm³/mol. The quantitative estimate of drug-likeness (QED) is 0.883. The number of hydrogen-bond acceptors (Lipinski definition) is 2. The van der Waals surface area contributed by atoms with Crippen LogP contribution in [0.15, 0.2) is 48.5 Å². The Kier molecular flexibility index (Phi) is 5.07. The maximum atomic E-state index is 11.7. The summed E-state index contributed by atoms with van der Waals surface area (Å²) >= 11 is 11.7. The van der Waals surface area contributed by atoms with Crippen molar-refractivity contribution in [1.29, 1.82) is 5.26 Å². The monoisotopic (exact) mass is 333 g/mol. The Morgan fingerprint density at radius 1 is 0.955 bits per heavy atom. The standard InChI is InChI=1S/C17H13Cl2NO2/c18-14-5-1-12(2-6-14)9-17(11-20,16(21)22)10-13-3-7-15(19)8-4-13/h1-8H,9-10H2,(H,21,22). The molecule has 0 aliphatic rings. The number of carboxylic acids is 1. The highest BCUT2D eigenvalue weighted by atomic mass is 35.5. The van der Waals surface area contributed by atoms with Crippen molar-refractivity contribution in [2.45, 2.75) is 12.8 Å². The predicted octanol–water partition coefficient (Wildman–Crippen LogP) is 4.37. The van der Waals surface area contributed by atoms with E-state index in [0.717, 1.165) is 11.1 Å². The molecule has 2 rings (SSSR count). The maximum absolute atomic E-state index is 11.7. The number of carbonyl (C=O) groups is 1. The van der Waals surface area contributed by atoms with Crippen molar-refractivity contribution < 1.29 is 9.90 Å². The van der Waals surface area contributed by atoms with Gasteiger partial charge in [0.05, 0.1) is 6.07 Å². The topological polar surface area (TPSA) is 61.1 Å². The van der Waals surface area contributed by atoms with Gasteiger partial charge in [0.1, 0.15) is 0 Å². The van der Waals surface area contributed by atoms with Crippen molar-refractivity contribution in [3.8, 4) is 6.07 Å². The minimum absolute atomic E-state index is 0.110. The number of aliphatic carboxylic acids is 1. The average molecular weight is 334 g/mol. The van der Waals surface area contributed by atoms with E-state index >= 15 is 0 Å². The lowest BCUT2D eigenvalue weighted by atomic mass is 9.78. The third-order valence-corrected chi connectivity index (χ3v) is 3.97. The van der Waals surface area contributed by atoms with Crippen LogP contribution in [0.1, 0.15) is 11.1 Å². The summed E-state index contributed by atoms with van der Waals surface area (Å²) in [5.74, 6) is -1.14. The summed E-state index contributed by atoms with van der Waals surface area (Å²) in [6.45, 7) is 0. The van der Waals surface area contributed by atoms with Crippen LogP contribution < -0.4 is 0 Å². The molecular formula is C17H13Cl2NO2. The summed E-state index contributed by atoms with van der Waals surface area (Å²) in [7, 11) is 0. The third-order valence-electron chi connectivity index (χ3n) is 3.46. The van der Waals surface area contributed by atoms with Gasteiger partial charge >= 0.3 is 5.97 Å². The molecule has 0 saturated carbocycles. The number of hydrogen-bond donors (Lipinski definition) is 1. The lowest BCUT2D eigenvalue weighted by Gasteiger charge is -2.22. The first-order valence-corrected chi connectivity index (χ1v) is 7.34. The average Bonchev–Trinajstić information content (AvgIpc) is 2.50. The SMILES string of the molecule is N#CC(Cc1ccc(Cl)cc1)(Cc1ccc(Cl)cc1)C(=O)O. The van der Waals surface area contributed by atoms with Gasteiger partial charge in [0, 0.05) is 22.9 Å². The zero-order valence-corrected chi connectivity index (χ0v) is 13.1. The maximum Gasteiger partial charge on any atom is 0.324 e. The van der Waals surface area contributed by atoms with E-state index in [2.05, 4.69) is 0 Å². The Morgan fingerprint density at radius 2 is 1.32 bits per heavy atom. The molecular weight excluding hydrogens is 321 g/mol. The van der Waals surface area contributed by atoms with Gasteiger partial charge < -0.3 is 5.11 Å². The smallest absolute Gasteiger partial charge is 0.324 e. The second kappa shape index (κ2) is 6.83. The molecule has 0 atom stereocenters. The van der Waals surface area contributed by atoms with E-state index in [1.165, 1.54) is 0 Å². The highest BCUT2D eigenvalue weighted by Gasteiger charge is 2.39. The molecule has 0 bridgehead atoms. The van der Waals surface area contributed by atoms with Crippen LogP contribution in [0.4, 0.5) is 0 Å². The summed E-state index contributed by atoms with van der Waals surface area (Å²) in [4.78, 5) is 11.7. The van der Waals surface area contributed by atoms with Gasteiger partial charge in [0.2, 0.25) is 0 Å². The Balaban J connectivity index is 2.31. The van der Waals surface area contributed by atoms with Crippen molar-refractivity contribution in [3.05, 3.63) is 69.7 Å². The molecule has 2 aromatic rings. The van der Waals surface area contributed by atoms with E-state index in [-0.39, 0.29) is 12.8 Å². The Bertz CT molecular complexity index is 655. The van der Waals surface area contributed by atoms with Crippen molar-refractivity contribution in [2.24, 2.45) is 5.41 Å². The second-order valence-corrected chi connectivity index (χ2v) is 5.98. The molecule has 0 saturated heterocycles. The van der Waals surface area contributed by atoms with Crippen LogP contribution in [0, 0.1) is 16.7 Å². The molecule has 3 nitrogen and oxygen atoms in total. The molecule has 112 valence electrons. The van der Waals surface area contributed by atoms with Gasteiger partial charge in [-0.2, -0.15) is 5.26 Å². The molecule has 0 amide bonds. The third kappa shape index (κ3) is 3.79. The van der Waals surface area contributed by atoms with E-state index < -0.39 is 11.4 Å². The molecule has 22 heavy (non-hydrogen) atoms. The van der Waals surface area contributed by atoms with Gasteiger partial charge in [-0.15, -0.1) is 0 Å². The van der Waals surface area contributed by atoms with Gasteiger partial charge in [-0.05, 0) is 35.4 Å². The molecule has 0 heterocycles. The Hall–Kier alpha value is -2.02. The Labute approximate surface area is 138 Å². The minimum atomic E-state index is -1.53. The van der Waals surface area contributed by atoms with E-state index in [1.54, 1.807) is 48.5 Å². The first-order chi connectivity index (χ1) is 10.4. The lowest BCUT2D eigenvalue weighted by Crippen LogP contribution is -2.34. The van der Waals surface area contributed by atoms with Crippen LogP contribution in [0.5, 0.6) is 0 Å². The van der Waals surface area contributed by atoms with Gasteiger partial charge in [0.25, 0.3) is 0 Å². The number of benzene rings is 2. The van der Waals surface area contributed by atoms with Crippen molar-refractivity contribution in [2.75, 3.05) is 0 Å². The molecule has 0 unspecified atom stereocenters. The number of nitriles is 1. The molecule has 5 heteroatoms. The van der Waals surface area contributed by atoms with Crippen LogP contribution in [-0.4, -0.2) is 11.1 Å². The first-order valence-electron chi connectivity index (χ1n) is 6.59. The van der Waals surface area contributed by atoms with Crippen molar-refractivity contribution >= 4 is 29.2 Å². The van der Waals surface area contributed by atoms with Gasteiger partial charge in [0.15, 0.2) is 5.41 Å². The van der Waals surface area contributed by atoms with Crippen LogP contribution >= 0.6 is 23.2 Å². The van der Waals surface area contributed by atoms with Gasteiger partial charge in [-0.1, -0.05) is 47.5 Å². The fraction of sp³-hybridized carbons (Fsp3) is 0.176. The molecule has 0 aliphatic heterocycles. The molecule has 0 fully saturated rings. The lowest BCUT2D eigenvalue weighted by molar-refractivity contribution is -0.145. The van der Waals surface area contributed by atoms with E-state index in [9.17, 15) is 15.2 Å². The van der Waals surface area contributed by atoms with E-state index in [1.807, 2.05) is 6.07 Å². The normalized spacial score (nSPS) is 11.0. The second-order valence-electron chi connectivity index (χ2n) is 5.11. The molecule has 0 radical (unpaired) electrons. The summed E-state index contributed by atoms with van der Waals surface area (Å²) in [5.41, 5.74) is -0.0218. The summed E-state index contributed by atoms with van der Waals surface area (Å²) < 4.78 is 0. The van der Waals surface area contributed by atoms with Crippen LogP contribution in [0.25, 0.3) is 0 Å². The Morgan fingerprint density at radius 3 is 1.59 bits per heavy atom. The molecule has 2 aromatic carbocycles.